The molecule has 3 aromatic carbocycles. The molecule has 1 fully saturated rings. The minimum absolute atomic E-state index is 0.0748. The summed E-state index contributed by atoms with van der Waals surface area (Å²) in [6.45, 7) is 5.35. The van der Waals surface area contributed by atoms with Gasteiger partial charge in [0.25, 0.3) is 0 Å². The average Bonchev–Trinajstić information content (AvgIpc) is 2.90. The maximum absolute atomic E-state index is 15.0. The molecule has 36 heavy (non-hydrogen) atoms. The number of ether oxygens (including phenoxy) is 3. The Morgan fingerprint density at radius 1 is 0.778 bits per heavy atom. The second-order valence-corrected chi connectivity index (χ2v) is 9.19. The summed E-state index contributed by atoms with van der Waals surface area (Å²) < 4.78 is 61.1. The Hall–Kier alpha value is -2.83. The highest BCUT2D eigenvalue weighted by molar-refractivity contribution is 5.71. The van der Waals surface area contributed by atoms with Gasteiger partial charge in [-0.2, -0.15) is 4.39 Å². The molecule has 0 saturated carbocycles. The number of rotatable bonds is 10. The van der Waals surface area contributed by atoms with Gasteiger partial charge in [0.2, 0.25) is 5.82 Å². The Morgan fingerprint density at radius 2 is 1.47 bits per heavy atom. The molecule has 0 aliphatic carbocycles. The lowest BCUT2D eigenvalue weighted by Crippen LogP contribution is -2.31. The smallest absolute Gasteiger partial charge is 0.201 e. The Labute approximate surface area is 211 Å². The summed E-state index contributed by atoms with van der Waals surface area (Å²) in [5, 5.41) is 0. The third-order valence-electron chi connectivity index (χ3n) is 6.51. The highest BCUT2D eigenvalue weighted by Crippen LogP contribution is 2.33. The Morgan fingerprint density at radius 3 is 2.14 bits per heavy atom. The molecule has 0 radical (unpaired) electrons. The first-order valence-electron chi connectivity index (χ1n) is 12.8. The van der Waals surface area contributed by atoms with E-state index in [4.69, 9.17) is 14.2 Å². The van der Waals surface area contributed by atoms with Crippen LogP contribution in [-0.2, 0) is 9.47 Å². The first kappa shape index (κ1) is 26.2. The van der Waals surface area contributed by atoms with Crippen molar-refractivity contribution in [2.24, 2.45) is 0 Å². The van der Waals surface area contributed by atoms with Crippen LogP contribution in [-0.4, -0.2) is 26.1 Å². The van der Waals surface area contributed by atoms with Gasteiger partial charge in [0.15, 0.2) is 17.9 Å². The molecule has 1 heterocycles. The summed E-state index contributed by atoms with van der Waals surface area (Å²) in [6, 6.07) is 15.1. The van der Waals surface area contributed by atoms with Crippen molar-refractivity contribution in [3.05, 3.63) is 77.6 Å². The van der Waals surface area contributed by atoms with Gasteiger partial charge in [0, 0.05) is 11.5 Å². The molecular weight excluding hydrogens is 465 g/mol. The molecule has 4 rings (SSSR count). The Bertz CT molecular complexity index is 1140. The standard InChI is InChI=1S/C30H33F3O3/c1-3-5-6-16-34-27-15-14-25(29(32)30(27)33)21-10-8-20(9-11-21)22-12-13-24(26(31)17-22)23-18-35-28(7-4-2)36-19-23/h8-15,17,23,28H,3-7,16,18-19H2,1-2H3. The fraction of sp³-hybridized carbons (Fsp3) is 0.400. The fourth-order valence-electron chi connectivity index (χ4n) is 4.41. The van der Waals surface area contributed by atoms with Crippen LogP contribution in [0.15, 0.2) is 54.6 Å². The molecule has 3 nitrogen and oxygen atoms in total. The van der Waals surface area contributed by atoms with E-state index in [1.807, 2.05) is 6.07 Å². The third kappa shape index (κ3) is 6.11. The van der Waals surface area contributed by atoms with Crippen LogP contribution >= 0.6 is 0 Å². The summed E-state index contributed by atoms with van der Waals surface area (Å²) in [7, 11) is 0. The largest absolute Gasteiger partial charge is 0.490 e. The number of hydrogen-bond acceptors (Lipinski definition) is 3. The first-order chi connectivity index (χ1) is 17.5. The van der Waals surface area contributed by atoms with Crippen LogP contribution in [0.3, 0.4) is 0 Å². The number of unbranched alkanes of at least 4 members (excludes halogenated alkanes) is 2. The van der Waals surface area contributed by atoms with Crippen LogP contribution < -0.4 is 4.74 Å². The molecule has 192 valence electrons. The minimum atomic E-state index is -0.984. The van der Waals surface area contributed by atoms with Gasteiger partial charge in [-0.15, -0.1) is 0 Å². The molecule has 0 atom stereocenters. The van der Waals surface area contributed by atoms with Crippen LogP contribution in [0.1, 0.15) is 57.4 Å². The second kappa shape index (κ2) is 12.4. The zero-order valence-electron chi connectivity index (χ0n) is 20.9. The predicted octanol–water partition coefficient (Wildman–Crippen LogP) is 8.26. The summed E-state index contributed by atoms with van der Waals surface area (Å²) in [5.74, 6) is -2.46. The lowest BCUT2D eigenvalue weighted by atomic mass is 9.95. The van der Waals surface area contributed by atoms with Gasteiger partial charge in [-0.1, -0.05) is 69.5 Å². The quantitative estimate of drug-likeness (QED) is 0.263. The van der Waals surface area contributed by atoms with Gasteiger partial charge in [0.05, 0.1) is 19.8 Å². The van der Waals surface area contributed by atoms with Crippen molar-refractivity contribution in [2.45, 2.75) is 58.2 Å². The highest BCUT2D eigenvalue weighted by Gasteiger charge is 2.25. The van der Waals surface area contributed by atoms with Crippen molar-refractivity contribution < 1.29 is 27.4 Å². The van der Waals surface area contributed by atoms with Crippen LogP contribution in [0.5, 0.6) is 5.75 Å². The molecule has 1 aliphatic heterocycles. The maximum atomic E-state index is 15.0. The van der Waals surface area contributed by atoms with E-state index >= 15 is 0 Å². The zero-order valence-corrected chi connectivity index (χ0v) is 20.9. The Kier molecular flexibility index (Phi) is 9.05. The SMILES string of the molecule is CCCCCOc1ccc(-c2ccc(-c3ccc(C4COC(CCC)OC4)c(F)c3)cc2)c(F)c1F. The van der Waals surface area contributed by atoms with Crippen LogP contribution in [0.2, 0.25) is 0 Å². The lowest BCUT2D eigenvalue weighted by Gasteiger charge is -2.29. The van der Waals surface area contributed by atoms with Gasteiger partial charge in [0.1, 0.15) is 5.82 Å². The third-order valence-corrected chi connectivity index (χ3v) is 6.51. The van der Waals surface area contributed by atoms with Gasteiger partial charge >= 0.3 is 0 Å². The maximum Gasteiger partial charge on any atom is 0.201 e. The molecular formula is C30H33F3O3. The van der Waals surface area contributed by atoms with E-state index in [1.165, 1.54) is 18.2 Å². The number of benzene rings is 3. The van der Waals surface area contributed by atoms with E-state index in [9.17, 15) is 13.2 Å². The Balaban J connectivity index is 1.45. The van der Waals surface area contributed by atoms with Gasteiger partial charge in [-0.05, 0) is 53.3 Å². The van der Waals surface area contributed by atoms with E-state index < -0.39 is 11.6 Å². The summed E-state index contributed by atoms with van der Waals surface area (Å²) in [5.41, 5.74) is 2.73. The van der Waals surface area contributed by atoms with E-state index in [1.54, 1.807) is 30.3 Å². The highest BCUT2D eigenvalue weighted by atomic mass is 19.2. The second-order valence-electron chi connectivity index (χ2n) is 9.19. The normalized spacial score (nSPS) is 17.8. The molecule has 1 saturated heterocycles. The van der Waals surface area contributed by atoms with E-state index in [0.29, 0.717) is 36.5 Å². The molecule has 0 spiro atoms. The molecule has 0 N–H and O–H groups in total. The molecule has 0 unspecified atom stereocenters. The van der Waals surface area contributed by atoms with E-state index in [-0.39, 0.29) is 29.3 Å². The van der Waals surface area contributed by atoms with E-state index in [0.717, 1.165) is 37.7 Å². The summed E-state index contributed by atoms with van der Waals surface area (Å²) in [4.78, 5) is 0. The summed E-state index contributed by atoms with van der Waals surface area (Å²) >= 11 is 0. The molecule has 3 aromatic rings. The van der Waals surface area contributed by atoms with Crippen LogP contribution in [0.25, 0.3) is 22.3 Å². The monoisotopic (exact) mass is 498 g/mol. The molecule has 1 aliphatic rings. The van der Waals surface area contributed by atoms with Crippen molar-refractivity contribution in [1.29, 1.82) is 0 Å². The molecule has 0 amide bonds. The van der Waals surface area contributed by atoms with Crippen molar-refractivity contribution in [1.82, 2.24) is 0 Å². The fourth-order valence-corrected chi connectivity index (χ4v) is 4.41. The molecule has 6 heteroatoms. The predicted molar refractivity (Wildman–Crippen MR) is 136 cm³/mol. The lowest BCUT2D eigenvalue weighted by molar-refractivity contribution is -0.190. The number of hydrogen-bond donors (Lipinski definition) is 0. The van der Waals surface area contributed by atoms with Gasteiger partial charge < -0.3 is 14.2 Å². The zero-order chi connectivity index (χ0) is 25.5. The average molecular weight is 499 g/mol. The van der Waals surface area contributed by atoms with Crippen molar-refractivity contribution in [3.8, 4) is 28.0 Å². The minimum Gasteiger partial charge on any atom is -0.490 e. The molecule has 0 bridgehead atoms. The number of halogens is 3. The topological polar surface area (TPSA) is 27.7 Å². The molecule has 0 aromatic heterocycles. The van der Waals surface area contributed by atoms with Crippen LogP contribution in [0, 0.1) is 17.5 Å². The van der Waals surface area contributed by atoms with E-state index in [2.05, 4.69) is 13.8 Å². The summed E-state index contributed by atoms with van der Waals surface area (Å²) in [6.07, 6.45) is 4.39. The van der Waals surface area contributed by atoms with Crippen molar-refractivity contribution in [2.75, 3.05) is 19.8 Å². The van der Waals surface area contributed by atoms with Gasteiger partial charge in [-0.3, -0.25) is 0 Å². The van der Waals surface area contributed by atoms with Gasteiger partial charge in [-0.25, -0.2) is 8.78 Å². The van der Waals surface area contributed by atoms with Crippen molar-refractivity contribution in [3.63, 3.8) is 0 Å². The first-order valence-corrected chi connectivity index (χ1v) is 12.8. The van der Waals surface area contributed by atoms with Crippen LogP contribution in [0.4, 0.5) is 13.2 Å². The van der Waals surface area contributed by atoms with Crippen molar-refractivity contribution >= 4 is 0 Å².